The Bertz CT molecular complexity index is 757. The van der Waals surface area contributed by atoms with Crippen molar-refractivity contribution >= 4 is 11.9 Å². The van der Waals surface area contributed by atoms with Crippen molar-refractivity contribution in [2.45, 2.75) is 25.6 Å². The molecule has 2 aliphatic rings. The van der Waals surface area contributed by atoms with Gasteiger partial charge in [0, 0.05) is 51.4 Å². The molecule has 10 heteroatoms. The molecule has 1 aromatic rings. The second-order valence-corrected chi connectivity index (χ2v) is 7.80. The largest absolute Gasteiger partial charge is 0.416 e. The van der Waals surface area contributed by atoms with E-state index in [1.54, 1.807) is 9.80 Å². The van der Waals surface area contributed by atoms with E-state index in [1.165, 1.54) is 12.1 Å². The molecule has 0 aliphatic carbocycles. The number of urea groups is 1. The van der Waals surface area contributed by atoms with Gasteiger partial charge >= 0.3 is 12.2 Å². The third-order valence-corrected chi connectivity index (χ3v) is 5.55. The zero-order valence-electron chi connectivity index (χ0n) is 17.7. The highest BCUT2D eigenvalue weighted by Gasteiger charge is 2.31. The van der Waals surface area contributed by atoms with Crippen molar-refractivity contribution in [3.05, 3.63) is 35.4 Å². The van der Waals surface area contributed by atoms with Crippen LogP contribution in [0.3, 0.4) is 0 Å². The van der Waals surface area contributed by atoms with Crippen molar-refractivity contribution in [1.29, 1.82) is 0 Å². The average Bonchev–Trinajstić information content (AvgIpc) is 2.99. The number of carbonyl (C=O) groups excluding carboxylic acids is 2. The van der Waals surface area contributed by atoms with Crippen LogP contribution in [-0.4, -0.2) is 91.7 Å². The van der Waals surface area contributed by atoms with Gasteiger partial charge in [-0.05, 0) is 44.2 Å². The Morgan fingerprint density at radius 2 is 1.81 bits per heavy atom. The minimum Gasteiger partial charge on any atom is -0.373 e. The lowest BCUT2D eigenvalue weighted by Gasteiger charge is -2.35. The van der Waals surface area contributed by atoms with Gasteiger partial charge in [0.05, 0.1) is 18.3 Å². The number of nitrogens with one attached hydrogen (secondary N) is 1. The first kappa shape index (κ1) is 23.3. The van der Waals surface area contributed by atoms with E-state index >= 15 is 0 Å². The number of hydrogen-bond acceptors (Lipinski definition) is 4. The number of halogens is 3. The molecule has 172 valence electrons. The third kappa shape index (κ3) is 6.33. The summed E-state index contributed by atoms with van der Waals surface area (Å²) in [6.07, 6.45) is -3.74. The van der Waals surface area contributed by atoms with Gasteiger partial charge in [-0.1, -0.05) is 0 Å². The molecule has 0 unspecified atom stereocenters. The van der Waals surface area contributed by atoms with Crippen LogP contribution in [0, 0.1) is 0 Å². The van der Waals surface area contributed by atoms with Crippen LogP contribution in [0.15, 0.2) is 24.3 Å². The van der Waals surface area contributed by atoms with Crippen LogP contribution in [0.1, 0.15) is 29.3 Å². The molecule has 1 N–H and O–H groups in total. The molecular weight excluding hydrogens is 413 g/mol. The Morgan fingerprint density at radius 3 is 2.48 bits per heavy atom. The summed E-state index contributed by atoms with van der Waals surface area (Å²) in [5.41, 5.74) is -0.505. The van der Waals surface area contributed by atoms with Gasteiger partial charge in [0.1, 0.15) is 0 Å². The van der Waals surface area contributed by atoms with Gasteiger partial charge < -0.3 is 19.9 Å². The highest BCUT2D eigenvalue weighted by atomic mass is 19.4. The number of carbonyl (C=O) groups is 2. The van der Waals surface area contributed by atoms with E-state index in [9.17, 15) is 22.8 Å². The van der Waals surface area contributed by atoms with Gasteiger partial charge in [-0.3, -0.25) is 9.69 Å². The minimum atomic E-state index is -4.42. The van der Waals surface area contributed by atoms with Gasteiger partial charge in [-0.25, -0.2) is 4.79 Å². The van der Waals surface area contributed by atoms with E-state index in [2.05, 4.69) is 10.2 Å². The molecule has 0 aromatic heterocycles. The van der Waals surface area contributed by atoms with Gasteiger partial charge in [-0.2, -0.15) is 13.2 Å². The summed E-state index contributed by atoms with van der Waals surface area (Å²) in [6.45, 7) is 7.19. The molecular formula is C21H29F3N4O3. The van der Waals surface area contributed by atoms with Crippen molar-refractivity contribution in [3.8, 4) is 0 Å². The molecule has 31 heavy (non-hydrogen) atoms. The van der Waals surface area contributed by atoms with Crippen molar-refractivity contribution in [3.63, 3.8) is 0 Å². The van der Waals surface area contributed by atoms with E-state index < -0.39 is 11.7 Å². The summed E-state index contributed by atoms with van der Waals surface area (Å²) in [7, 11) is 0. The molecule has 1 atom stereocenters. The molecule has 7 nitrogen and oxygen atoms in total. The lowest BCUT2D eigenvalue weighted by atomic mass is 10.1. The quantitative estimate of drug-likeness (QED) is 0.777. The molecule has 2 aliphatic heterocycles. The first-order chi connectivity index (χ1) is 14.8. The molecule has 3 amide bonds. The summed E-state index contributed by atoms with van der Waals surface area (Å²) in [4.78, 5) is 30.5. The number of rotatable bonds is 4. The molecule has 2 fully saturated rings. The number of nitrogens with zero attached hydrogens (tertiary/aromatic N) is 3. The second-order valence-electron chi connectivity index (χ2n) is 7.80. The van der Waals surface area contributed by atoms with E-state index in [1.807, 2.05) is 6.92 Å². The highest BCUT2D eigenvalue weighted by molar-refractivity contribution is 5.94. The fourth-order valence-corrected chi connectivity index (χ4v) is 3.91. The maximum Gasteiger partial charge on any atom is 0.416 e. The molecule has 0 spiro atoms. The monoisotopic (exact) mass is 442 g/mol. The zero-order chi connectivity index (χ0) is 22.4. The number of morpholine rings is 1. The predicted octanol–water partition coefficient (Wildman–Crippen LogP) is 2.28. The van der Waals surface area contributed by atoms with Crippen LogP contribution in [0.5, 0.6) is 0 Å². The van der Waals surface area contributed by atoms with Gasteiger partial charge in [0.2, 0.25) is 0 Å². The van der Waals surface area contributed by atoms with Crippen LogP contribution in [0.25, 0.3) is 0 Å². The van der Waals surface area contributed by atoms with Crippen molar-refractivity contribution in [2.75, 3.05) is 59.0 Å². The van der Waals surface area contributed by atoms with E-state index in [-0.39, 0.29) is 23.6 Å². The summed E-state index contributed by atoms with van der Waals surface area (Å²) >= 11 is 0. The highest BCUT2D eigenvalue weighted by Crippen LogP contribution is 2.29. The fourth-order valence-electron chi connectivity index (χ4n) is 3.91. The normalized spacial score (nSPS) is 21.0. The van der Waals surface area contributed by atoms with Crippen LogP contribution >= 0.6 is 0 Å². The second kappa shape index (κ2) is 10.3. The maximum absolute atomic E-state index is 12.7. The summed E-state index contributed by atoms with van der Waals surface area (Å²) < 4.78 is 44.0. The Morgan fingerprint density at radius 1 is 1.06 bits per heavy atom. The first-order valence-corrected chi connectivity index (χ1v) is 10.6. The standard InChI is InChI=1S/C21H29F3N4O3/c1-2-25-20(30)28-12-13-31-18(15-28)14-26-8-3-9-27(11-10-26)19(29)16-4-6-17(7-5-16)21(22,23)24/h4-7,18H,2-3,8-15H2,1H3,(H,25,30)/t18-/m0/s1. The van der Waals surface area contributed by atoms with Crippen LogP contribution < -0.4 is 5.32 Å². The molecule has 2 heterocycles. The number of hydrogen-bond donors (Lipinski definition) is 1. The SMILES string of the molecule is CCNC(=O)N1CCO[C@@H](CN2CCCN(C(=O)c3ccc(C(F)(F)F)cc3)CC2)C1. The number of amides is 3. The number of ether oxygens (including phenoxy) is 1. The van der Waals surface area contributed by atoms with Crippen LogP contribution in [0.2, 0.25) is 0 Å². The summed E-state index contributed by atoms with van der Waals surface area (Å²) in [6, 6.07) is 4.27. The zero-order valence-corrected chi connectivity index (χ0v) is 17.7. The van der Waals surface area contributed by atoms with Crippen molar-refractivity contribution < 1.29 is 27.5 Å². The number of alkyl halides is 3. The van der Waals surface area contributed by atoms with Crippen molar-refractivity contribution in [2.24, 2.45) is 0 Å². The topological polar surface area (TPSA) is 65.1 Å². The van der Waals surface area contributed by atoms with Crippen LogP contribution in [-0.2, 0) is 10.9 Å². The molecule has 0 bridgehead atoms. The molecule has 3 rings (SSSR count). The summed E-state index contributed by atoms with van der Waals surface area (Å²) in [5.74, 6) is -0.257. The fraction of sp³-hybridized carbons (Fsp3) is 0.619. The Balaban J connectivity index is 1.52. The third-order valence-electron chi connectivity index (χ3n) is 5.55. The lowest BCUT2D eigenvalue weighted by molar-refractivity contribution is -0.137. The summed E-state index contributed by atoms with van der Waals surface area (Å²) in [5, 5.41) is 2.81. The van der Waals surface area contributed by atoms with E-state index in [0.29, 0.717) is 52.4 Å². The first-order valence-electron chi connectivity index (χ1n) is 10.6. The maximum atomic E-state index is 12.7. The molecule has 0 radical (unpaired) electrons. The van der Waals surface area contributed by atoms with Crippen molar-refractivity contribution in [1.82, 2.24) is 20.0 Å². The minimum absolute atomic E-state index is 0.0834. The lowest BCUT2D eigenvalue weighted by Crippen LogP contribution is -2.52. The molecule has 2 saturated heterocycles. The van der Waals surface area contributed by atoms with E-state index in [4.69, 9.17) is 4.74 Å². The van der Waals surface area contributed by atoms with Gasteiger partial charge in [-0.15, -0.1) is 0 Å². The molecule has 0 saturated carbocycles. The van der Waals surface area contributed by atoms with Gasteiger partial charge in [0.15, 0.2) is 0 Å². The average molecular weight is 442 g/mol. The Kier molecular flexibility index (Phi) is 7.77. The van der Waals surface area contributed by atoms with E-state index in [0.717, 1.165) is 25.1 Å². The number of benzene rings is 1. The Hall–Kier alpha value is -2.33. The van der Waals surface area contributed by atoms with Crippen LogP contribution in [0.4, 0.5) is 18.0 Å². The Labute approximate surface area is 180 Å². The predicted molar refractivity (Wildman–Crippen MR) is 109 cm³/mol. The smallest absolute Gasteiger partial charge is 0.373 e. The van der Waals surface area contributed by atoms with Gasteiger partial charge in [0.25, 0.3) is 5.91 Å². The molecule has 1 aromatic carbocycles.